The van der Waals surface area contributed by atoms with Gasteiger partial charge in [-0.1, -0.05) is 0 Å². The lowest BCUT2D eigenvalue weighted by molar-refractivity contribution is 0.0658. The SMILES string of the molecule is CC1=NN(Cc2ccc(C(=O)O)o2)CC1. The van der Waals surface area contributed by atoms with E-state index in [0.29, 0.717) is 12.3 Å². The third kappa shape index (κ3) is 2.18. The van der Waals surface area contributed by atoms with E-state index in [-0.39, 0.29) is 5.76 Å². The maximum Gasteiger partial charge on any atom is 0.371 e. The van der Waals surface area contributed by atoms with Gasteiger partial charge in [-0.05, 0) is 19.1 Å². The van der Waals surface area contributed by atoms with Gasteiger partial charge in [0.15, 0.2) is 0 Å². The molecule has 0 amide bonds. The summed E-state index contributed by atoms with van der Waals surface area (Å²) in [6.07, 6.45) is 0.965. The maximum absolute atomic E-state index is 10.6. The number of carboxylic acid groups (broad SMARTS) is 1. The number of rotatable bonds is 3. The quantitative estimate of drug-likeness (QED) is 0.818. The third-order valence-electron chi connectivity index (χ3n) is 2.25. The molecule has 0 unspecified atom stereocenters. The first-order valence-electron chi connectivity index (χ1n) is 4.76. The Morgan fingerprint density at radius 2 is 2.47 bits per heavy atom. The fourth-order valence-electron chi connectivity index (χ4n) is 1.50. The van der Waals surface area contributed by atoms with Gasteiger partial charge in [0.05, 0.1) is 6.54 Å². The van der Waals surface area contributed by atoms with Crippen LogP contribution in [0.2, 0.25) is 0 Å². The molecule has 1 aromatic heterocycles. The average Bonchev–Trinajstić information content (AvgIpc) is 2.76. The first-order valence-corrected chi connectivity index (χ1v) is 4.76. The van der Waals surface area contributed by atoms with Crippen molar-refractivity contribution in [3.05, 3.63) is 23.7 Å². The van der Waals surface area contributed by atoms with E-state index >= 15 is 0 Å². The van der Waals surface area contributed by atoms with Crippen molar-refractivity contribution in [1.82, 2.24) is 5.01 Å². The second kappa shape index (κ2) is 3.76. The van der Waals surface area contributed by atoms with E-state index < -0.39 is 5.97 Å². The Morgan fingerprint density at radius 1 is 1.67 bits per heavy atom. The Bertz CT molecular complexity index is 409. The number of hydrogen-bond donors (Lipinski definition) is 1. The van der Waals surface area contributed by atoms with Gasteiger partial charge in [-0.25, -0.2) is 4.79 Å². The number of aromatic carboxylic acids is 1. The van der Waals surface area contributed by atoms with Gasteiger partial charge in [0.2, 0.25) is 5.76 Å². The Hall–Kier alpha value is -1.78. The lowest BCUT2D eigenvalue weighted by atomic mass is 10.3. The van der Waals surface area contributed by atoms with Crippen molar-refractivity contribution in [2.24, 2.45) is 5.10 Å². The van der Waals surface area contributed by atoms with Crippen LogP contribution in [-0.2, 0) is 6.54 Å². The summed E-state index contributed by atoms with van der Waals surface area (Å²) in [7, 11) is 0. The summed E-state index contributed by atoms with van der Waals surface area (Å²) >= 11 is 0. The minimum absolute atomic E-state index is 0.0232. The molecule has 0 aromatic carbocycles. The van der Waals surface area contributed by atoms with Gasteiger partial charge in [-0.15, -0.1) is 0 Å². The molecule has 5 heteroatoms. The molecule has 0 radical (unpaired) electrons. The second-order valence-electron chi connectivity index (χ2n) is 3.54. The van der Waals surface area contributed by atoms with Crippen molar-refractivity contribution in [3.63, 3.8) is 0 Å². The van der Waals surface area contributed by atoms with E-state index in [2.05, 4.69) is 5.10 Å². The highest BCUT2D eigenvalue weighted by atomic mass is 16.4. The molecule has 1 aromatic rings. The standard InChI is InChI=1S/C10H12N2O3/c1-7-4-5-12(11-7)6-8-2-3-9(15-8)10(13)14/h2-3H,4-6H2,1H3,(H,13,14). The molecule has 2 rings (SSSR count). The summed E-state index contributed by atoms with van der Waals surface area (Å²) in [6, 6.07) is 3.14. The molecule has 1 aliphatic heterocycles. The van der Waals surface area contributed by atoms with Crippen molar-refractivity contribution in [2.45, 2.75) is 19.9 Å². The summed E-state index contributed by atoms with van der Waals surface area (Å²) in [5, 5.41) is 14.8. The Labute approximate surface area is 87.0 Å². The predicted molar refractivity (Wildman–Crippen MR) is 53.8 cm³/mol. The van der Waals surface area contributed by atoms with E-state index in [0.717, 1.165) is 18.7 Å². The van der Waals surface area contributed by atoms with Gasteiger partial charge >= 0.3 is 5.97 Å². The first kappa shape index (κ1) is 9.76. The number of carbonyl (C=O) groups is 1. The van der Waals surface area contributed by atoms with Crippen LogP contribution < -0.4 is 0 Å². The van der Waals surface area contributed by atoms with Gasteiger partial charge in [-0.2, -0.15) is 5.10 Å². The van der Waals surface area contributed by atoms with Crippen LogP contribution in [0.3, 0.4) is 0 Å². The van der Waals surface area contributed by atoms with E-state index in [1.807, 2.05) is 11.9 Å². The van der Waals surface area contributed by atoms with Gasteiger partial charge in [0.1, 0.15) is 5.76 Å². The molecular formula is C10H12N2O3. The molecule has 0 bridgehead atoms. The number of hydrogen-bond acceptors (Lipinski definition) is 4. The van der Waals surface area contributed by atoms with Gasteiger partial charge < -0.3 is 9.52 Å². The molecule has 15 heavy (non-hydrogen) atoms. The highest BCUT2D eigenvalue weighted by Crippen LogP contribution is 2.14. The lowest BCUT2D eigenvalue weighted by Gasteiger charge is -2.10. The zero-order valence-electron chi connectivity index (χ0n) is 8.43. The van der Waals surface area contributed by atoms with Crippen LogP contribution in [0.25, 0.3) is 0 Å². The van der Waals surface area contributed by atoms with Crippen molar-refractivity contribution >= 4 is 11.7 Å². The normalized spacial score (nSPS) is 15.5. The molecule has 0 spiro atoms. The molecule has 0 saturated heterocycles. The van der Waals surface area contributed by atoms with Crippen LogP contribution >= 0.6 is 0 Å². The summed E-state index contributed by atoms with van der Waals surface area (Å²) in [6.45, 7) is 3.38. The fraction of sp³-hybridized carbons (Fsp3) is 0.400. The van der Waals surface area contributed by atoms with Gasteiger partial charge in [0.25, 0.3) is 0 Å². The topological polar surface area (TPSA) is 66.0 Å². The van der Waals surface area contributed by atoms with Crippen molar-refractivity contribution in [1.29, 1.82) is 0 Å². The number of furan rings is 1. The molecule has 1 aliphatic rings. The van der Waals surface area contributed by atoms with Crippen molar-refractivity contribution in [2.75, 3.05) is 6.54 Å². The molecule has 2 heterocycles. The van der Waals surface area contributed by atoms with Gasteiger partial charge in [0, 0.05) is 18.7 Å². The largest absolute Gasteiger partial charge is 0.475 e. The summed E-state index contributed by atoms with van der Waals surface area (Å²) in [5.74, 6) is -0.432. The lowest BCUT2D eigenvalue weighted by Crippen LogP contribution is -2.12. The Kier molecular flexibility index (Phi) is 2.45. The highest BCUT2D eigenvalue weighted by molar-refractivity contribution is 5.84. The average molecular weight is 208 g/mol. The minimum atomic E-state index is -1.04. The monoisotopic (exact) mass is 208 g/mol. The minimum Gasteiger partial charge on any atom is -0.475 e. The third-order valence-corrected chi connectivity index (χ3v) is 2.25. The van der Waals surface area contributed by atoms with Crippen LogP contribution in [0.4, 0.5) is 0 Å². The van der Waals surface area contributed by atoms with Crippen LogP contribution in [0.1, 0.15) is 29.7 Å². The molecule has 0 aliphatic carbocycles. The zero-order valence-corrected chi connectivity index (χ0v) is 8.43. The predicted octanol–water partition coefficient (Wildman–Crippen LogP) is 1.56. The molecule has 5 nitrogen and oxygen atoms in total. The number of nitrogens with zero attached hydrogens (tertiary/aromatic N) is 2. The highest BCUT2D eigenvalue weighted by Gasteiger charge is 2.14. The van der Waals surface area contributed by atoms with Crippen molar-refractivity contribution < 1.29 is 14.3 Å². The second-order valence-corrected chi connectivity index (χ2v) is 3.54. The Balaban J connectivity index is 2.02. The van der Waals surface area contributed by atoms with Crippen LogP contribution in [-0.4, -0.2) is 28.3 Å². The molecule has 0 fully saturated rings. The van der Waals surface area contributed by atoms with Crippen LogP contribution in [0, 0.1) is 0 Å². The molecule has 1 N–H and O–H groups in total. The van der Waals surface area contributed by atoms with E-state index in [9.17, 15) is 4.79 Å². The number of carboxylic acids is 1. The summed E-state index contributed by atoms with van der Waals surface area (Å²) in [4.78, 5) is 10.6. The first-order chi connectivity index (χ1) is 7.15. The zero-order chi connectivity index (χ0) is 10.8. The van der Waals surface area contributed by atoms with E-state index in [1.165, 1.54) is 6.07 Å². The molecule has 0 atom stereocenters. The summed E-state index contributed by atoms with van der Waals surface area (Å²) in [5.41, 5.74) is 1.10. The van der Waals surface area contributed by atoms with E-state index in [1.54, 1.807) is 6.07 Å². The summed E-state index contributed by atoms with van der Waals surface area (Å²) < 4.78 is 5.13. The van der Waals surface area contributed by atoms with E-state index in [4.69, 9.17) is 9.52 Å². The maximum atomic E-state index is 10.6. The molecule has 80 valence electrons. The fourth-order valence-corrected chi connectivity index (χ4v) is 1.50. The molecular weight excluding hydrogens is 196 g/mol. The van der Waals surface area contributed by atoms with Crippen molar-refractivity contribution in [3.8, 4) is 0 Å². The van der Waals surface area contributed by atoms with Crippen LogP contribution in [0.15, 0.2) is 21.7 Å². The smallest absolute Gasteiger partial charge is 0.371 e. The van der Waals surface area contributed by atoms with Gasteiger partial charge in [-0.3, -0.25) is 5.01 Å². The van der Waals surface area contributed by atoms with Crippen LogP contribution in [0.5, 0.6) is 0 Å². The molecule has 0 saturated carbocycles. The Morgan fingerprint density at radius 3 is 3.00 bits per heavy atom. The number of hydrazone groups is 1.